The molecule has 1 atom stereocenters. The highest BCUT2D eigenvalue weighted by Gasteiger charge is 2.14. The van der Waals surface area contributed by atoms with Gasteiger partial charge in [0.2, 0.25) is 0 Å². The fraction of sp³-hybridized carbons (Fsp3) is 0.300. The number of rotatable bonds is 4. The molecule has 0 aliphatic rings. The highest BCUT2D eigenvalue weighted by molar-refractivity contribution is 6.30. The Morgan fingerprint density at radius 2 is 2.33 bits per heavy atom. The van der Waals surface area contributed by atoms with Crippen molar-refractivity contribution in [1.29, 1.82) is 5.26 Å². The summed E-state index contributed by atoms with van der Waals surface area (Å²) >= 11 is 5.59. The van der Waals surface area contributed by atoms with E-state index in [1.807, 2.05) is 6.07 Å². The predicted molar refractivity (Wildman–Crippen MR) is 54.9 cm³/mol. The monoisotopic (exact) mass is 228 g/mol. The molecule has 0 heterocycles. The lowest BCUT2D eigenvalue weighted by molar-refractivity contribution is 0.288. The zero-order chi connectivity index (χ0) is 11.3. The molecule has 0 bridgehead atoms. The first-order valence-corrected chi connectivity index (χ1v) is 4.75. The molecule has 0 saturated carbocycles. The molecule has 0 spiro atoms. The van der Waals surface area contributed by atoms with Gasteiger partial charge in [-0.25, -0.2) is 4.39 Å². The van der Waals surface area contributed by atoms with Crippen molar-refractivity contribution in [1.82, 2.24) is 5.32 Å². The normalized spacial score (nSPS) is 12.1. The van der Waals surface area contributed by atoms with E-state index in [2.05, 4.69) is 5.32 Å². The number of halogens is 2. The molecule has 1 aromatic carbocycles. The van der Waals surface area contributed by atoms with Crippen LogP contribution in [-0.4, -0.2) is 18.3 Å². The molecule has 0 amide bonds. The first kappa shape index (κ1) is 11.9. The van der Waals surface area contributed by atoms with Gasteiger partial charge in [0.25, 0.3) is 0 Å². The van der Waals surface area contributed by atoms with Gasteiger partial charge in [0.15, 0.2) is 0 Å². The van der Waals surface area contributed by atoms with E-state index in [4.69, 9.17) is 22.0 Å². The third-order valence-corrected chi connectivity index (χ3v) is 2.10. The molecule has 3 nitrogen and oxygen atoms in total. The molecule has 0 aromatic heterocycles. The molecule has 0 aliphatic carbocycles. The number of nitrogens with zero attached hydrogens (tertiary/aromatic N) is 1. The minimum absolute atomic E-state index is 0.104. The molecule has 0 fully saturated rings. The summed E-state index contributed by atoms with van der Waals surface area (Å²) < 4.78 is 13.4. The van der Waals surface area contributed by atoms with E-state index in [0.717, 1.165) is 6.07 Å². The minimum atomic E-state index is -0.769. The molecular weight excluding hydrogens is 219 g/mol. The second-order valence-corrected chi connectivity index (χ2v) is 3.34. The van der Waals surface area contributed by atoms with Crippen LogP contribution in [0.3, 0.4) is 0 Å². The molecule has 2 N–H and O–H groups in total. The van der Waals surface area contributed by atoms with Gasteiger partial charge in [0, 0.05) is 17.1 Å². The average Bonchev–Trinajstić information content (AvgIpc) is 2.21. The van der Waals surface area contributed by atoms with E-state index in [-0.39, 0.29) is 23.7 Å². The summed E-state index contributed by atoms with van der Waals surface area (Å²) in [6.07, 6.45) is 0. The van der Waals surface area contributed by atoms with E-state index in [0.29, 0.717) is 0 Å². The van der Waals surface area contributed by atoms with Crippen LogP contribution >= 0.6 is 11.6 Å². The van der Waals surface area contributed by atoms with Crippen molar-refractivity contribution >= 4 is 11.6 Å². The third-order valence-electron chi connectivity index (χ3n) is 1.86. The standard InChI is InChI=1S/C10H10ClFN2O/c11-7-1-2-8(9(12)5-7)10(6-13)14-3-4-15/h1-2,5,10,14-15H,3-4H2. The Morgan fingerprint density at radius 3 is 2.87 bits per heavy atom. The fourth-order valence-electron chi connectivity index (χ4n) is 1.17. The Labute approximate surface area is 92.1 Å². The number of nitriles is 1. The molecule has 5 heteroatoms. The zero-order valence-corrected chi connectivity index (χ0v) is 8.63. The van der Waals surface area contributed by atoms with Crippen molar-refractivity contribution < 1.29 is 9.50 Å². The fourth-order valence-corrected chi connectivity index (χ4v) is 1.33. The average molecular weight is 229 g/mol. The maximum atomic E-state index is 13.4. The van der Waals surface area contributed by atoms with E-state index in [9.17, 15) is 4.39 Å². The minimum Gasteiger partial charge on any atom is -0.395 e. The van der Waals surface area contributed by atoms with Gasteiger partial charge in [-0.3, -0.25) is 5.32 Å². The van der Waals surface area contributed by atoms with Crippen LogP contribution in [0.5, 0.6) is 0 Å². The molecule has 15 heavy (non-hydrogen) atoms. The maximum absolute atomic E-state index is 13.4. The van der Waals surface area contributed by atoms with E-state index in [1.165, 1.54) is 12.1 Å². The Hall–Kier alpha value is -1.15. The van der Waals surface area contributed by atoms with Crippen LogP contribution in [0, 0.1) is 17.1 Å². The Kier molecular flexibility index (Phi) is 4.50. The summed E-state index contributed by atoms with van der Waals surface area (Å²) in [5.74, 6) is -0.528. The van der Waals surface area contributed by atoms with Gasteiger partial charge in [0.05, 0.1) is 12.7 Å². The lowest BCUT2D eigenvalue weighted by Crippen LogP contribution is -2.24. The quantitative estimate of drug-likeness (QED) is 0.824. The van der Waals surface area contributed by atoms with E-state index >= 15 is 0 Å². The van der Waals surface area contributed by atoms with Crippen molar-refractivity contribution in [2.45, 2.75) is 6.04 Å². The molecule has 1 unspecified atom stereocenters. The van der Waals surface area contributed by atoms with Crippen molar-refractivity contribution in [2.75, 3.05) is 13.2 Å². The number of hydrogen-bond acceptors (Lipinski definition) is 3. The second-order valence-electron chi connectivity index (χ2n) is 2.91. The molecule has 0 saturated heterocycles. The molecule has 1 aromatic rings. The van der Waals surface area contributed by atoms with Crippen LogP contribution in [0.25, 0.3) is 0 Å². The summed E-state index contributed by atoms with van der Waals surface area (Å²) in [6.45, 7) is 0.133. The Bertz CT molecular complexity index is 378. The topological polar surface area (TPSA) is 56.0 Å². The van der Waals surface area contributed by atoms with Crippen LogP contribution in [0.2, 0.25) is 5.02 Å². The number of aliphatic hydroxyl groups is 1. The first-order valence-electron chi connectivity index (χ1n) is 4.38. The lowest BCUT2D eigenvalue weighted by Gasteiger charge is -2.11. The van der Waals surface area contributed by atoms with Crippen LogP contribution in [0.15, 0.2) is 18.2 Å². The predicted octanol–water partition coefficient (Wildman–Crippen LogP) is 1.63. The Balaban J connectivity index is 2.88. The van der Waals surface area contributed by atoms with Crippen molar-refractivity contribution in [3.05, 3.63) is 34.6 Å². The number of nitrogens with one attached hydrogen (secondary N) is 1. The number of aliphatic hydroxyl groups excluding tert-OH is 1. The van der Waals surface area contributed by atoms with Crippen LogP contribution in [0.1, 0.15) is 11.6 Å². The molecule has 0 aliphatic heterocycles. The third kappa shape index (κ3) is 3.17. The second kappa shape index (κ2) is 5.66. The van der Waals surface area contributed by atoms with Gasteiger partial charge >= 0.3 is 0 Å². The smallest absolute Gasteiger partial charge is 0.130 e. The Morgan fingerprint density at radius 1 is 1.60 bits per heavy atom. The van der Waals surface area contributed by atoms with Crippen LogP contribution in [-0.2, 0) is 0 Å². The number of benzene rings is 1. The molecule has 1 rings (SSSR count). The van der Waals surface area contributed by atoms with Crippen molar-refractivity contribution in [3.63, 3.8) is 0 Å². The van der Waals surface area contributed by atoms with Crippen molar-refractivity contribution in [2.24, 2.45) is 0 Å². The largest absolute Gasteiger partial charge is 0.395 e. The van der Waals surface area contributed by atoms with Crippen LogP contribution < -0.4 is 5.32 Å². The summed E-state index contributed by atoms with van der Waals surface area (Å²) in [5, 5.41) is 20.4. The molecule has 80 valence electrons. The summed E-state index contributed by atoms with van der Waals surface area (Å²) in [7, 11) is 0. The van der Waals surface area contributed by atoms with Gasteiger partial charge in [-0.1, -0.05) is 17.7 Å². The van der Waals surface area contributed by atoms with Crippen LogP contribution in [0.4, 0.5) is 4.39 Å². The van der Waals surface area contributed by atoms with Gasteiger partial charge in [0.1, 0.15) is 11.9 Å². The van der Waals surface area contributed by atoms with Gasteiger partial charge in [-0.05, 0) is 12.1 Å². The van der Waals surface area contributed by atoms with Gasteiger partial charge in [-0.2, -0.15) is 5.26 Å². The summed E-state index contributed by atoms with van der Waals surface area (Å²) in [4.78, 5) is 0. The summed E-state index contributed by atoms with van der Waals surface area (Å²) in [6, 6.07) is 5.27. The SMILES string of the molecule is N#CC(NCCO)c1ccc(Cl)cc1F. The van der Waals surface area contributed by atoms with E-state index < -0.39 is 11.9 Å². The highest BCUT2D eigenvalue weighted by Crippen LogP contribution is 2.20. The maximum Gasteiger partial charge on any atom is 0.130 e. The van der Waals surface area contributed by atoms with Gasteiger partial charge < -0.3 is 5.11 Å². The van der Waals surface area contributed by atoms with E-state index in [1.54, 1.807) is 0 Å². The highest BCUT2D eigenvalue weighted by atomic mass is 35.5. The zero-order valence-electron chi connectivity index (χ0n) is 7.87. The summed E-state index contributed by atoms with van der Waals surface area (Å²) in [5.41, 5.74) is 0.232. The van der Waals surface area contributed by atoms with Crippen molar-refractivity contribution in [3.8, 4) is 6.07 Å². The number of hydrogen-bond donors (Lipinski definition) is 2. The molecule has 0 radical (unpaired) electrons. The molecular formula is C10H10ClFN2O. The first-order chi connectivity index (χ1) is 7.19. The lowest BCUT2D eigenvalue weighted by atomic mass is 10.1. The van der Waals surface area contributed by atoms with Gasteiger partial charge in [-0.15, -0.1) is 0 Å².